The zero-order chi connectivity index (χ0) is 16.2. The summed E-state index contributed by atoms with van der Waals surface area (Å²) in [5.41, 5.74) is 2.87. The predicted molar refractivity (Wildman–Crippen MR) is 93.9 cm³/mol. The second-order valence-corrected chi connectivity index (χ2v) is 5.60. The largest absolute Gasteiger partial charge is 0.462 e. The summed E-state index contributed by atoms with van der Waals surface area (Å²) in [6.45, 7) is 4.35. The Morgan fingerprint density at radius 2 is 1.57 bits per heavy atom. The second-order valence-electron chi connectivity index (χ2n) is 5.60. The SMILES string of the molecule is CCOC(=O)c1ccccc1C(C)c1cccc2ccccc12. The molecular weight excluding hydrogens is 284 g/mol. The Morgan fingerprint density at radius 3 is 2.39 bits per heavy atom. The van der Waals surface area contributed by atoms with Crippen LogP contribution in [0.15, 0.2) is 66.7 Å². The molecule has 23 heavy (non-hydrogen) atoms. The van der Waals surface area contributed by atoms with Crippen LogP contribution in [0.4, 0.5) is 0 Å². The van der Waals surface area contributed by atoms with Gasteiger partial charge in [0.1, 0.15) is 0 Å². The van der Waals surface area contributed by atoms with Crippen molar-refractivity contribution in [1.29, 1.82) is 0 Å². The zero-order valence-corrected chi connectivity index (χ0v) is 13.5. The van der Waals surface area contributed by atoms with Crippen molar-refractivity contribution in [3.8, 4) is 0 Å². The molecule has 0 saturated heterocycles. The van der Waals surface area contributed by atoms with Gasteiger partial charge in [-0.05, 0) is 34.9 Å². The number of rotatable bonds is 4. The topological polar surface area (TPSA) is 26.3 Å². The molecule has 0 aliphatic carbocycles. The molecule has 0 saturated carbocycles. The molecule has 0 aliphatic heterocycles. The first kappa shape index (κ1) is 15.3. The lowest BCUT2D eigenvalue weighted by Crippen LogP contribution is -2.10. The van der Waals surface area contributed by atoms with Crippen LogP contribution in [0.25, 0.3) is 10.8 Å². The molecule has 1 atom stereocenters. The highest BCUT2D eigenvalue weighted by Gasteiger charge is 2.19. The van der Waals surface area contributed by atoms with Gasteiger partial charge < -0.3 is 4.74 Å². The van der Waals surface area contributed by atoms with Crippen LogP contribution in [0.2, 0.25) is 0 Å². The molecular formula is C21H20O2. The molecule has 0 fully saturated rings. The van der Waals surface area contributed by atoms with Gasteiger partial charge in [0.05, 0.1) is 12.2 Å². The summed E-state index contributed by atoms with van der Waals surface area (Å²) in [7, 11) is 0. The summed E-state index contributed by atoms with van der Waals surface area (Å²) in [4.78, 5) is 12.2. The lowest BCUT2D eigenvalue weighted by molar-refractivity contribution is 0.0525. The van der Waals surface area contributed by atoms with E-state index < -0.39 is 0 Å². The first-order valence-electron chi connectivity index (χ1n) is 7.96. The van der Waals surface area contributed by atoms with Gasteiger partial charge in [-0.25, -0.2) is 4.79 Å². The van der Waals surface area contributed by atoms with Gasteiger partial charge in [-0.2, -0.15) is 0 Å². The van der Waals surface area contributed by atoms with Gasteiger partial charge in [-0.15, -0.1) is 0 Å². The molecule has 0 N–H and O–H groups in total. The number of hydrogen-bond donors (Lipinski definition) is 0. The molecule has 0 heterocycles. The summed E-state index contributed by atoms with van der Waals surface area (Å²) in [6, 6.07) is 22.4. The molecule has 0 radical (unpaired) electrons. The van der Waals surface area contributed by atoms with E-state index in [1.807, 2.05) is 37.3 Å². The number of carbonyl (C=O) groups is 1. The third-order valence-electron chi connectivity index (χ3n) is 4.21. The Morgan fingerprint density at radius 1 is 0.913 bits per heavy atom. The van der Waals surface area contributed by atoms with Crippen LogP contribution in [-0.4, -0.2) is 12.6 Å². The van der Waals surface area contributed by atoms with Crippen molar-refractivity contribution in [2.24, 2.45) is 0 Å². The van der Waals surface area contributed by atoms with Crippen LogP contribution in [0.5, 0.6) is 0 Å². The van der Waals surface area contributed by atoms with E-state index in [2.05, 4.69) is 43.3 Å². The van der Waals surface area contributed by atoms with Gasteiger partial charge in [0.15, 0.2) is 0 Å². The van der Waals surface area contributed by atoms with Crippen molar-refractivity contribution in [3.63, 3.8) is 0 Å². The fourth-order valence-electron chi connectivity index (χ4n) is 3.06. The molecule has 3 aromatic carbocycles. The maximum absolute atomic E-state index is 12.2. The maximum Gasteiger partial charge on any atom is 0.338 e. The van der Waals surface area contributed by atoms with Crippen LogP contribution < -0.4 is 0 Å². The minimum Gasteiger partial charge on any atom is -0.462 e. The van der Waals surface area contributed by atoms with Gasteiger partial charge >= 0.3 is 5.97 Å². The van der Waals surface area contributed by atoms with E-state index in [0.717, 1.165) is 5.56 Å². The average Bonchev–Trinajstić information content (AvgIpc) is 2.61. The molecule has 2 nitrogen and oxygen atoms in total. The predicted octanol–water partition coefficient (Wildman–Crippen LogP) is 5.17. The van der Waals surface area contributed by atoms with Gasteiger partial charge in [0.2, 0.25) is 0 Å². The maximum atomic E-state index is 12.2. The van der Waals surface area contributed by atoms with Crippen LogP contribution in [-0.2, 0) is 4.74 Å². The van der Waals surface area contributed by atoms with Crippen molar-refractivity contribution >= 4 is 16.7 Å². The molecule has 0 aliphatic rings. The number of ether oxygens (including phenoxy) is 1. The molecule has 3 rings (SSSR count). The summed E-state index contributed by atoms with van der Waals surface area (Å²) >= 11 is 0. The standard InChI is InChI=1S/C21H20O2/c1-3-23-21(22)20-13-7-6-11-18(20)15(2)17-14-8-10-16-9-4-5-12-19(16)17/h4-15H,3H2,1-2H3. The Labute approximate surface area is 136 Å². The average molecular weight is 304 g/mol. The normalized spacial score (nSPS) is 12.1. The quantitative estimate of drug-likeness (QED) is 0.622. The Balaban J connectivity index is 2.10. The highest BCUT2D eigenvalue weighted by Crippen LogP contribution is 2.32. The number of benzene rings is 3. The van der Waals surface area contributed by atoms with Gasteiger partial charge in [-0.3, -0.25) is 0 Å². The van der Waals surface area contributed by atoms with Gasteiger partial charge in [-0.1, -0.05) is 67.6 Å². The smallest absolute Gasteiger partial charge is 0.338 e. The van der Waals surface area contributed by atoms with E-state index in [4.69, 9.17) is 4.74 Å². The number of carbonyl (C=O) groups excluding carboxylic acids is 1. The van der Waals surface area contributed by atoms with Gasteiger partial charge in [0.25, 0.3) is 0 Å². The Kier molecular flexibility index (Phi) is 4.42. The highest BCUT2D eigenvalue weighted by atomic mass is 16.5. The second kappa shape index (κ2) is 6.66. The monoisotopic (exact) mass is 304 g/mol. The molecule has 2 heteroatoms. The summed E-state index contributed by atoms with van der Waals surface area (Å²) in [5.74, 6) is -0.142. The van der Waals surface area contributed by atoms with Gasteiger partial charge in [0, 0.05) is 5.92 Å². The minimum absolute atomic E-state index is 0.113. The van der Waals surface area contributed by atoms with E-state index in [9.17, 15) is 4.79 Å². The lowest BCUT2D eigenvalue weighted by Gasteiger charge is -2.18. The summed E-state index contributed by atoms with van der Waals surface area (Å²) in [6.07, 6.45) is 0. The number of fused-ring (bicyclic) bond motifs is 1. The summed E-state index contributed by atoms with van der Waals surface area (Å²) < 4.78 is 5.20. The van der Waals surface area contributed by atoms with Crippen LogP contribution in [0, 0.1) is 0 Å². The minimum atomic E-state index is -0.254. The van der Waals surface area contributed by atoms with E-state index >= 15 is 0 Å². The first-order valence-corrected chi connectivity index (χ1v) is 7.96. The molecule has 0 spiro atoms. The third-order valence-corrected chi connectivity index (χ3v) is 4.21. The number of hydrogen-bond acceptors (Lipinski definition) is 2. The van der Waals surface area contributed by atoms with Crippen LogP contribution in [0.1, 0.15) is 41.3 Å². The van der Waals surface area contributed by atoms with Crippen molar-refractivity contribution in [3.05, 3.63) is 83.4 Å². The Bertz CT molecular complexity index is 831. The van der Waals surface area contributed by atoms with Crippen molar-refractivity contribution < 1.29 is 9.53 Å². The van der Waals surface area contributed by atoms with Crippen molar-refractivity contribution in [2.75, 3.05) is 6.61 Å². The summed E-state index contributed by atoms with van der Waals surface area (Å²) in [5, 5.41) is 2.44. The molecule has 0 amide bonds. The molecule has 0 bridgehead atoms. The Hall–Kier alpha value is -2.61. The van der Waals surface area contributed by atoms with Crippen molar-refractivity contribution in [2.45, 2.75) is 19.8 Å². The highest BCUT2D eigenvalue weighted by molar-refractivity contribution is 5.92. The fourth-order valence-corrected chi connectivity index (χ4v) is 3.06. The molecule has 1 unspecified atom stereocenters. The van der Waals surface area contributed by atoms with E-state index in [0.29, 0.717) is 12.2 Å². The van der Waals surface area contributed by atoms with E-state index in [1.54, 1.807) is 0 Å². The van der Waals surface area contributed by atoms with E-state index in [-0.39, 0.29) is 11.9 Å². The first-order chi connectivity index (χ1) is 11.2. The van der Waals surface area contributed by atoms with Crippen molar-refractivity contribution in [1.82, 2.24) is 0 Å². The molecule has 3 aromatic rings. The number of esters is 1. The molecule has 116 valence electrons. The van der Waals surface area contributed by atoms with E-state index in [1.165, 1.54) is 16.3 Å². The van der Waals surface area contributed by atoms with Crippen LogP contribution in [0.3, 0.4) is 0 Å². The third kappa shape index (κ3) is 2.98. The molecule has 0 aromatic heterocycles. The zero-order valence-electron chi connectivity index (χ0n) is 13.5. The lowest BCUT2D eigenvalue weighted by atomic mass is 9.87. The fraction of sp³-hybridized carbons (Fsp3) is 0.190. The van der Waals surface area contributed by atoms with Crippen LogP contribution >= 0.6 is 0 Å².